The molecule has 1 aliphatic rings. The van der Waals surface area contributed by atoms with Gasteiger partial charge in [0.05, 0.1) is 5.56 Å². The molecule has 1 fully saturated rings. The van der Waals surface area contributed by atoms with E-state index in [-0.39, 0.29) is 5.41 Å². The maximum atomic E-state index is 11.3. The second-order valence-corrected chi connectivity index (χ2v) is 7.29. The number of benzene rings is 1. The number of rotatable bonds is 3. The van der Waals surface area contributed by atoms with Crippen molar-refractivity contribution in [2.24, 2.45) is 11.3 Å². The zero-order valence-electron chi connectivity index (χ0n) is 13.6. The van der Waals surface area contributed by atoms with Crippen molar-refractivity contribution in [1.29, 1.82) is 0 Å². The van der Waals surface area contributed by atoms with Crippen LogP contribution in [0.4, 0.5) is 5.69 Å². The molecule has 3 heteroatoms. The number of carboxylic acids is 1. The van der Waals surface area contributed by atoms with Gasteiger partial charge in [-0.3, -0.25) is 0 Å². The van der Waals surface area contributed by atoms with Crippen molar-refractivity contribution in [3.8, 4) is 0 Å². The Morgan fingerprint density at radius 1 is 1.24 bits per heavy atom. The highest BCUT2D eigenvalue weighted by molar-refractivity contribution is 5.91. The van der Waals surface area contributed by atoms with E-state index in [0.717, 1.165) is 11.3 Å². The van der Waals surface area contributed by atoms with Crippen molar-refractivity contribution >= 4 is 11.7 Å². The molecule has 0 bridgehead atoms. The first-order chi connectivity index (χ1) is 9.80. The lowest BCUT2D eigenvalue weighted by Gasteiger charge is -2.41. The molecule has 0 aromatic heterocycles. The molecule has 0 amide bonds. The van der Waals surface area contributed by atoms with Gasteiger partial charge in [0.2, 0.25) is 0 Å². The summed E-state index contributed by atoms with van der Waals surface area (Å²) in [6.07, 6.45) is 4.97. The van der Waals surface area contributed by atoms with E-state index in [1.54, 1.807) is 6.07 Å². The number of carbonyl (C=O) groups is 1. The lowest BCUT2D eigenvalue weighted by molar-refractivity contribution is 0.0696. The van der Waals surface area contributed by atoms with Crippen molar-refractivity contribution in [2.45, 2.75) is 59.4 Å². The van der Waals surface area contributed by atoms with E-state index < -0.39 is 5.97 Å². The highest BCUT2D eigenvalue weighted by Crippen LogP contribution is 2.39. The van der Waals surface area contributed by atoms with E-state index in [1.165, 1.54) is 25.7 Å². The maximum Gasteiger partial charge on any atom is 0.336 e. The standard InChI is InChI=1S/C18H27NO2/c1-12-13(17(20)21)8-7-11-15(12)19-16-10-6-5-9-14(16)18(2,3)4/h7-8,11,14,16,19H,5-6,9-10H2,1-4H3,(H,20,21). The van der Waals surface area contributed by atoms with Gasteiger partial charge in [-0.2, -0.15) is 0 Å². The van der Waals surface area contributed by atoms with Crippen LogP contribution in [0.15, 0.2) is 18.2 Å². The minimum atomic E-state index is -0.854. The van der Waals surface area contributed by atoms with E-state index in [1.807, 2.05) is 19.1 Å². The van der Waals surface area contributed by atoms with Crippen LogP contribution in [0.2, 0.25) is 0 Å². The first kappa shape index (κ1) is 15.9. The molecule has 0 saturated heterocycles. The Morgan fingerprint density at radius 2 is 1.90 bits per heavy atom. The van der Waals surface area contributed by atoms with E-state index in [4.69, 9.17) is 0 Å². The molecule has 1 aromatic carbocycles. The van der Waals surface area contributed by atoms with Crippen molar-refractivity contribution in [2.75, 3.05) is 5.32 Å². The molecule has 1 aromatic rings. The number of nitrogens with one attached hydrogen (secondary N) is 1. The Kier molecular flexibility index (Phi) is 4.60. The molecule has 2 rings (SSSR count). The third-order valence-electron chi connectivity index (χ3n) is 4.78. The summed E-state index contributed by atoms with van der Waals surface area (Å²) in [6.45, 7) is 8.80. The van der Waals surface area contributed by atoms with Gasteiger partial charge in [0, 0.05) is 11.7 Å². The molecule has 2 N–H and O–H groups in total. The predicted octanol–water partition coefficient (Wildman–Crippen LogP) is 4.71. The summed E-state index contributed by atoms with van der Waals surface area (Å²) in [5.74, 6) is -0.230. The van der Waals surface area contributed by atoms with Crippen LogP contribution in [0, 0.1) is 18.3 Å². The summed E-state index contributed by atoms with van der Waals surface area (Å²) < 4.78 is 0. The Bertz CT molecular complexity index is 516. The van der Waals surface area contributed by atoms with E-state index in [0.29, 0.717) is 17.5 Å². The molecule has 2 atom stereocenters. The normalized spacial score (nSPS) is 22.9. The molecular formula is C18H27NO2. The monoisotopic (exact) mass is 289 g/mol. The van der Waals surface area contributed by atoms with E-state index in [2.05, 4.69) is 26.1 Å². The van der Waals surface area contributed by atoms with Gasteiger partial charge < -0.3 is 10.4 Å². The Hall–Kier alpha value is -1.51. The van der Waals surface area contributed by atoms with Gasteiger partial charge in [0.25, 0.3) is 0 Å². The number of anilines is 1. The van der Waals surface area contributed by atoms with Crippen LogP contribution in [0.25, 0.3) is 0 Å². The molecule has 0 aliphatic heterocycles. The fourth-order valence-corrected chi connectivity index (χ4v) is 3.56. The first-order valence-electron chi connectivity index (χ1n) is 7.90. The second kappa shape index (κ2) is 6.08. The Balaban J connectivity index is 2.24. The summed E-state index contributed by atoms with van der Waals surface area (Å²) in [7, 11) is 0. The van der Waals surface area contributed by atoms with Crippen molar-refractivity contribution in [3.63, 3.8) is 0 Å². The van der Waals surface area contributed by atoms with Crippen LogP contribution in [0.5, 0.6) is 0 Å². The van der Waals surface area contributed by atoms with E-state index >= 15 is 0 Å². The molecule has 0 heterocycles. The molecule has 116 valence electrons. The lowest BCUT2D eigenvalue weighted by atomic mass is 9.69. The number of hydrogen-bond donors (Lipinski definition) is 2. The van der Waals surface area contributed by atoms with Crippen molar-refractivity contribution < 1.29 is 9.90 Å². The SMILES string of the molecule is Cc1c(NC2CCCCC2C(C)(C)C)cccc1C(=O)O. The second-order valence-electron chi connectivity index (χ2n) is 7.29. The van der Waals surface area contributed by atoms with Crippen molar-refractivity contribution in [3.05, 3.63) is 29.3 Å². The fraction of sp³-hybridized carbons (Fsp3) is 0.611. The number of aromatic carboxylic acids is 1. The average Bonchev–Trinajstić information content (AvgIpc) is 2.40. The zero-order valence-corrected chi connectivity index (χ0v) is 13.6. The van der Waals surface area contributed by atoms with Crippen LogP contribution in [0.1, 0.15) is 62.4 Å². The van der Waals surface area contributed by atoms with Crippen LogP contribution in [-0.2, 0) is 0 Å². The van der Waals surface area contributed by atoms with Gasteiger partial charge in [0.1, 0.15) is 0 Å². The van der Waals surface area contributed by atoms with E-state index in [9.17, 15) is 9.90 Å². The molecule has 3 nitrogen and oxygen atoms in total. The fourth-order valence-electron chi connectivity index (χ4n) is 3.56. The van der Waals surface area contributed by atoms with Gasteiger partial charge >= 0.3 is 5.97 Å². The van der Waals surface area contributed by atoms with Gasteiger partial charge in [-0.1, -0.05) is 39.7 Å². The molecule has 0 radical (unpaired) electrons. The van der Waals surface area contributed by atoms with Crippen LogP contribution in [0.3, 0.4) is 0 Å². The number of carboxylic acid groups (broad SMARTS) is 1. The summed E-state index contributed by atoms with van der Waals surface area (Å²) in [5, 5.41) is 12.9. The molecule has 1 saturated carbocycles. The topological polar surface area (TPSA) is 49.3 Å². The largest absolute Gasteiger partial charge is 0.478 e. The highest BCUT2D eigenvalue weighted by atomic mass is 16.4. The smallest absolute Gasteiger partial charge is 0.336 e. The molecular weight excluding hydrogens is 262 g/mol. The molecule has 0 spiro atoms. The zero-order chi connectivity index (χ0) is 15.6. The minimum Gasteiger partial charge on any atom is -0.478 e. The summed E-state index contributed by atoms with van der Waals surface area (Å²) in [4.78, 5) is 11.3. The van der Waals surface area contributed by atoms with Gasteiger partial charge in [-0.15, -0.1) is 0 Å². The summed E-state index contributed by atoms with van der Waals surface area (Å²) >= 11 is 0. The lowest BCUT2D eigenvalue weighted by Crippen LogP contribution is -2.40. The van der Waals surface area contributed by atoms with Gasteiger partial charge in [0.15, 0.2) is 0 Å². The average molecular weight is 289 g/mol. The first-order valence-corrected chi connectivity index (χ1v) is 7.90. The van der Waals surface area contributed by atoms with Crippen molar-refractivity contribution in [1.82, 2.24) is 0 Å². The predicted molar refractivity (Wildman–Crippen MR) is 87.0 cm³/mol. The maximum absolute atomic E-state index is 11.3. The minimum absolute atomic E-state index is 0.274. The van der Waals surface area contributed by atoms with Gasteiger partial charge in [-0.05, 0) is 48.8 Å². The molecule has 21 heavy (non-hydrogen) atoms. The van der Waals surface area contributed by atoms with Crippen LogP contribution in [-0.4, -0.2) is 17.1 Å². The van der Waals surface area contributed by atoms with Gasteiger partial charge in [-0.25, -0.2) is 4.79 Å². The third kappa shape index (κ3) is 3.58. The highest BCUT2D eigenvalue weighted by Gasteiger charge is 2.34. The third-order valence-corrected chi connectivity index (χ3v) is 4.78. The number of hydrogen-bond acceptors (Lipinski definition) is 2. The summed E-state index contributed by atoms with van der Waals surface area (Å²) in [6, 6.07) is 5.93. The molecule has 1 aliphatic carbocycles. The Morgan fingerprint density at radius 3 is 2.52 bits per heavy atom. The van der Waals surface area contributed by atoms with Crippen LogP contribution < -0.4 is 5.32 Å². The summed E-state index contributed by atoms with van der Waals surface area (Å²) in [5.41, 5.74) is 2.47. The molecule has 2 unspecified atom stereocenters. The quantitative estimate of drug-likeness (QED) is 0.847. The Labute approximate surface area is 127 Å². The van der Waals surface area contributed by atoms with Crippen LogP contribution >= 0.6 is 0 Å².